The number of hydrogen-bond acceptors (Lipinski definition) is 3. The van der Waals surface area contributed by atoms with Crippen molar-refractivity contribution >= 4 is 5.97 Å². The summed E-state index contributed by atoms with van der Waals surface area (Å²) in [7, 11) is 0. The molecule has 0 radical (unpaired) electrons. The van der Waals surface area contributed by atoms with Gasteiger partial charge in [0.2, 0.25) is 0 Å². The van der Waals surface area contributed by atoms with Gasteiger partial charge in [0.25, 0.3) is 0 Å². The highest BCUT2D eigenvalue weighted by Crippen LogP contribution is 2.23. The standard InChI is InChI=1S/C13H17NO2/c1-9(2)16-13(15)12-11-6-4-3-5-10(11)7-8-14-12/h3-6,9,12,14H,7-8H2,1-2H3. The molecule has 1 aliphatic rings. The van der Waals surface area contributed by atoms with E-state index in [0.717, 1.165) is 18.5 Å². The third kappa shape index (κ3) is 2.25. The molecule has 1 aliphatic heterocycles. The lowest BCUT2D eigenvalue weighted by atomic mass is 9.94. The summed E-state index contributed by atoms with van der Waals surface area (Å²) in [6, 6.07) is 7.74. The molecule has 0 fully saturated rings. The average molecular weight is 219 g/mol. The first-order valence-electron chi connectivity index (χ1n) is 5.70. The van der Waals surface area contributed by atoms with Crippen LogP contribution < -0.4 is 5.32 Å². The molecule has 1 aromatic rings. The van der Waals surface area contributed by atoms with Crippen LogP contribution in [-0.4, -0.2) is 18.6 Å². The molecule has 0 saturated carbocycles. The molecule has 2 rings (SSSR count). The Morgan fingerprint density at radius 3 is 2.94 bits per heavy atom. The minimum Gasteiger partial charge on any atom is -0.462 e. The summed E-state index contributed by atoms with van der Waals surface area (Å²) in [5.74, 6) is -0.179. The molecule has 86 valence electrons. The molecule has 0 aliphatic carbocycles. The fraction of sp³-hybridized carbons (Fsp3) is 0.462. The number of fused-ring (bicyclic) bond motifs is 1. The zero-order valence-corrected chi connectivity index (χ0v) is 9.69. The van der Waals surface area contributed by atoms with E-state index >= 15 is 0 Å². The number of rotatable bonds is 2. The lowest BCUT2D eigenvalue weighted by molar-refractivity contribution is -0.150. The van der Waals surface area contributed by atoms with E-state index < -0.39 is 0 Å². The molecule has 0 bridgehead atoms. The molecule has 0 saturated heterocycles. The zero-order valence-electron chi connectivity index (χ0n) is 9.69. The summed E-state index contributed by atoms with van der Waals surface area (Å²) in [6.07, 6.45) is 0.908. The molecule has 1 unspecified atom stereocenters. The van der Waals surface area contributed by atoms with Gasteiger partial charge in [0.15, 0.2) is 0 Å². The Bertz CT molecular complexity index is 387. The molecule has 1 atom stereocenters. The maximum absolute atomic E-state index is 11.9. The summed E-state index contributed by atoms with van der Waals surface area (Å²) in [6.45, 7) is 4.56. The van der Waals surface area contributed by atoms with Crippen LogP contribution in [0.1, 0.15) is 31.0 Å². The molecule has 0 amide bonds. The second kappa shape index (κ2) is 4.66. The summed E-state index contributed by atoms with van der Waals surface area (Å²) in [5, 5.41) is 3.21. The van der Waals surface area contributed by atoms with Crippen LogP contribution in [0.3, 0.4) is 0 Å². The maximum Gasteiger partial charge on any atom is 0.328 e. The van der Waals surface area contributed by atoms with E-state index in [2.05, 4.69) is 11.4 Å². The minimum atomic E-state index is -0.299. The van der Waals surface area contributed by atoms with Crippen LogP contribution in [0.4, 0.5) is 0 Å². The van der Waals surface area contributed by atoms with Gasteiger partial charge >= 0.3 is 5.97 Å². The number of ether oxygens (including phenoxy) is 1. The van der Waals surface area contributed by atoms with E-state index in [1.807, 2.05) is 32.0 Å². The molecule has 3 nitrogen and oxygen atoms in total. The van der Waals surface area contributed by atoms with Gasteiger partial charge < -0.3 is 10.1 Å². The molecule has 0 aromatic heterocycles. The molecule has 1 aromatic carbocycles. The lowest BCUT2D eigenvalue weighted by Gasteiger charge is -2.26. The van der Waals surface area contributed by atoms with Crippen LogP contribution in [0, 0.1) is 0 Å². The number of carbonyl (C=O) groups is 1. The highest BCUT2D eigenvalue weighted by atomic mass is 16.5. The predicted octanol–water partition coefficient (Wildman–Crippen LogP) is 1.83. The van der Waals surface area contributed by atoms with Crippen LogP contribution in [0.25, 0.3) is 0 Å². The van der Waals surface area contributed by atoms with E-state index in [1.165, 1.54) is 5.56 Å². The highest BCUT2D eigenvalue weighted by molar-refractivity contribution is 5.78. The van der Waals surface area contributed by atoms with Gasteiger partial charge in [-0.3, -0.25) is 0 Å². The zero-order chi connectivity index (χ0) is 11.5. The Morgan fingerprint density at radius 2 is 2.19 bits per heavy atom. The van der Waals surface area contributed by atoms with Crippen molar-refractivity contribution in [1.29, 1.82) is 0 Å². The highest BCUT2D eigenvalue weighted by Gasteiger charge is 2.27. The first kappa shape index (κ1) is 11.1. The smallest absolute Gasteiger partial charge is 0.328 e. The van der Waals surface area contributed by atoms with Crippen molar-refractivity contribution in [3.63, 3.8) is 0 Å². The fourth-order valence-corrected chi connectivity index (χ4v) is 2.02. The van der Waals surface area contributed by atoms with Crippen molar-refractivity contribution in [3.8, 4) is 0 Å². The van der Waals surface area contributed by atoms with Gasteiger partial charge in [-0.15, -0.1) is 0 Å². The molecule has 0 spiro atoms. The average Bonchev–Trinajstić information content (AvgIpc) is 2.27. The molecule has 16 heavy (non-hydrogen) atoms. The maximum atomic E-state index is 11.9. The second-order valence-electron chi connectivity index (χ2n) is 4.32. The van der Waals surface area contributed by atoms with Gasteiger partial charge in [0.05, 0.1) is 6.10 Å². The Hall–Kier alpha value is -1.35. The minimum absolute atomic E-state index is 0.0663. The van der Waals surface area contributed by atoms with E-state index in [4.69, 9.17) is 4.74 Å². The molecular formula is C13H17NO2. The number of esters is 1. The van der Waals surface area contributed by atoms with Crippen LogP contribution in [0.15, 0.2) is 24.3 Å². The van der Waals surface area contributed by atoms with Gasteiger partial charge in [0.1, 0.15) is 6.04 Å². The van der Waals surface area contributed by atoms with Gasteiger partial charge in [-0.2, -0.15) is 0 Å². The van der Waals surface area contributed by atoms with Crippen molar-refractivity contribution in [3.05, 3.63) is 35.4 Å². The topological polar surface area (TPSA) is 38.3 Å². The SMILES string of the molecule is CC(C)OC(=O)C1NCCc2ccccc21. The summed E-state index contributed by atoms with van der Waals surface area (Å²) >= 11 is 0. The summed E-state index contributed by atoms with van der Waals surface area (Å²) in [4.78, 5) is 11.9. The lowest BCUT2D eigenvalue weighted by Crippen LogP contribution is -2.36. The monoisotopic (exact) mass is 219 g/mol. The Morgan fingerprint density at radius 1 is 1.44 bits per heavy atom. The molecule has 3 heteroatoms. The van der Waals surface area contributed by atoms with Crippen LogP contribution in [-0.2, 0) is 16.0 Å². The van der Waals surface area contributed by atoms with Crippen molar-refractivity contribution in [2.45, 2.75) is 32.4 Å². The van der Waals surface area contributed by atoms with Gasteiger partial charge in [-0.05, 0) is 31.4 Å². The van der Waals surface area contributed by atoms with E-state index in [0.29, 0.717) is 0 Å². The number of carbonyl (C=O) groups excluding carboxylic acids is 1. The summed E-state index contributed by atoms with van der Waals surface area (Å²) < 4.78 is 5.25. The van der Waals surface area contributed by atoms with Crippen LogP contribution >= 0.6 is 0 Å². The summed E-state index contributed by atoms with van der Waals surface area (Å²) in [5.41, 5.74) is 2.30. The third-order valence-electron chi connectivity index (χ3n) is 2.70. The largest absolute Gasteiger partial charge is 0.462 e. The van der Waals surface area contributed by atoms with E-state index in [1.54, 1.807) is 0 Å². The third-order valence-corrected chi connectivity index (χ3v) is 2.70. The van der Waals surface area contributed by atoms with Crippen molar-refractivity contribution < 1.29 is 9.53 Å². The molecule has 1 heterocycles. The molecular weight excluding hydrogens is 202 g/mol. The Balaban J connectivity index is 2.21. The van der Waals surface area contributed by atoms with Gasteiger partial charge in [-0.1, -0.05) is 24.3 Å². The van der Waals surface area contributed by atoms with Crippen molar-refractivity contribution in [1.82, 2.24) is 5.32 Å². The second-order valence-corrected chi connectivity index (χ2v) is 4.32. The van der Waals surface area contributed by atoms with Gasteiger partial charge in [-0.25, -0.2) is 4.79 Å². The van der Waals surface area contributed by atoms with Crippen LogP contribution in [0.5, 0.6) is 0 Å². The van der Waals surface area contributed by atoms with E-state index in [9.17, 15) is 4.79 Å². The molecule has 1 N–H and O–H groups in total. The van der Waals surface area contributed by atoms with Gasteiger partial charge in [0, 0.05) is 6.54 Å². The Kier molecular flexibility index (Phi) is 3.25. The van der Waals surface area contributed by atoms with E-state index in [-0.39, 0.29) is 18.1 Å². The predicted molar refractivity (Wildman–Crippen MR) is 62.1 cm³/mol. The number of nitrogens with one attached hydrogen (secondary N) is 1. The first-order chi connectivity index (χ1) is 7.68. The number of hydrogen-bond donors (Lipinski definition) is 1. The van der Waals surface area contributed by atoms with Crippen LogP contribution in [0.2, 0.25) is 0 Å². The van der Waals surface area contributed by atoms with Crippen molar-refractivity contribution in [2.24, 2.45) is 0 Å². The Labute approximate surface area is 95.8 Å². The first-order valence-corrected chi connectivity index (χ1v) is 5.70. The fourth-order valence-electron chi connectivity index (χ4n) is 2.02. The normalized spacial score (nSPS) is 19.3. The van der Waals surface area contributed by atoms with Crippen molar-refractivity contribution in [2.75, 3.05) is 6.54 Å². The quantitative estimate of drug-likeness (QED) is 0.771. The number of benzene rings is 1.